The van der Waals surface area contributed by atoms with E-state index in [0.717, 1.165) is 22.4 Å². The van der Waals surface area contributed by atoms with Crippen LogP contribution in [0.2, 0.25) is 10.0 Å². The van der Waals surface area contributed by atoms with Crippen molar-refractivity contribution in [2.45, 2.75) is 6.92 Å². The van der Waals surface area contributed by atoms with E-state index in [4.69, 9.17) is 27.9 Å². The zero-order chi connectivity index (χ0) is 20.4. The minimum atomic E-state index is -0.312. The van der Waals surface area contributed by atoms with Gasteiger partial charge >= 0.3 is 0 Å². The number of nitrogens with zero attached hydrogens (tertiary/aromatic N) is 1. The molecule has 0 radical (unpaired) electrons. The van der Waals surface area contributed by atoms with Crippen LogP contribution < -0.4 is 10.1 Å². The molecule has 0 aliphatic heterocycles. The first-order valence-electron chi connectivity index (χ1n) is 9.03. The Labute approximate surface area is 177 Å². The van der Waals surface area contributed by atoms with Gasteiger partial charge in [0.1, 0.15) is 5.82 Å². The average molecular weight is 426 g/mol. The number of nitrogens with one attached hydrogen (secondary N) is 2. The molecule has 0 fully saturated rings. The van der Waals surface area contributed by atoms with Crippen molar-refractivity contribution in [2.75, 3.05) is 11.9 Å². The van der Waals surface area contributed by atoms with Crippen LogP contribution in [0, 0.1) is 0 Å². The van der Waals surface area contributed by atoms with E-state index in [9.17, 15) is 4.79 Å². The first-order valence-corrected chi connectivity index (χ1v) is 9.79. The second kappa shape index (κ2) is 8.15. The third-order valence-electron chi connectivity index (χ3n) is 4.35. The number of aromatic amines is 1. The van der Waals surface area contributed by atoms with Crippen molar-refractivity contribution in [3.8, 4) is 17.1 Å². The predicted octanol–water partition coefficient (Wildman–Crippen LogP) is 6.19. The van der Waals surface area contributed by atoms with E-state index in [-0.39, 0.29) is 5.91 Å². The number of para-hydroxylation sites is 2. The number of imidazole rings is 1. The average Bonchev–Trinajstić information content (AvgIpc) is 3.15. The first kappa shape index (κ1) is 19.3. The van der Waals surface area contributed by atoms with Gasteiger partial charge in [-0.05, 0) is 55.5 Å². The molecular formula is C22H17Cl2N3O2. The number of fused-ring (bicyclic) bond motifs is 1. The number of halogens is 2. The second-order valence-corrected chi connectivity index (χ2v) is 7.15. The van der Waals surface area contributed by atoms with Crippen molar-refractivity contribution >= 4 is 45.8 Å². The summed E-state index contributed by atoms with van der Waals surface area (Å²) in [6.07, 6.45) is 0. The number of H-pyrrole nitrogens is 1. The van der Waals surface area contributed by atoms with Gasteiger partial charge in [-0.25, -0.2) is 4.98 Å². The van der Waals surface area contributed by atoms with Gasteiger partial charge in [0.15, 0.2) is 5.75 Å². The van der Waals surface area contributed by atoms with E-state index in [0.29, 0.717) is 33.7 Å². The molecule has 4 rings (SSSR count). The van der Waals surface area contributed by atoms with Crippen molar-refractivity contribution in [2.24, 2.45) is 0 Å². The molecule has 5 nitrogen and oxygen atoms in total. The summed E-state index contributed by atoms with van der Waals surface area (Å²) < 4.78 is 5.39. The lowest BCUT2D eigenvalue weighted by atomic mass is 10.1. The zero-order valence-electron chi connectivity index (χ0n) is 15.5. The van der Waals surface area contributed by atoms with Crippen LogP contribution in [-0.4, -0.2) is 22.5 Å². The zero-order valence-corrected chi connectivity index (χ0v) is 17.0. The summed E-state index contributed by atoms with van der Waals surface area (Å²) in [7, 11) is 0. The molecule has 2 N–H and O–H groups in total. The highest BCUT2D eigenvalue weighted by atomic mass is 35.5. The van der Waals surface area contributed by atoms with Crippen molar-refractivity contribution in [1.82, 2.24) is 9.97 Å². The maximum Gasteiger partial charge on any atom is 0.255 e. The van der Waals surface area contributed by atoms with E-state index >= 15 is 0 Å². The molecule has 29 heavy (non-hydrogen) atoms. The lowest BCUT2D eigenvalue weighted by molar-refractivity contribution is 0.102. The minimum Gasteiger partial charge on any atom is -0.491 e. The molecule has 146 valence electrons. The first-order chi connectivity index (χ1) is 14.0. The predicted molar refractivity (Wildman–Crippen MR) is 117 cm³/mol. The molecule has 1 heterocycles. The summed E-state index contributed by atoms with van der Waals surface area (Å²) in [6.45, 7) is 2.27. The number of rotatable bonds is 5. The maximum absolute atomic E-state index is 12.6. The minimum absolute atomic E-state index is 0.296. The SMILES string of the molecule is CCOc1c(Cl)cc(C(=O)Nc2ccc(-c3nc4ccccc4[nH]3)cc2)cc1Cl. The molecule has 1 amide bonds. The monoisotopic (exact) mass is 425 g/mol. The largest absolute Gasteiger partial charge is 0.491 e. The van der Waals surface area contributed by atoms with Crippen molar-refractivity contribution < 1.29 is 9.53 Å². The second-order valence-electron chi connectivity index (χ2n) is 6.34. The van der Waals surface area contributed by atoms with Gasteiger partial charge in [0, 0.05) is 16.8 Å². The smallest absolute Gasteiger partial charge is 0.255 e. The maximum atomic E-state index is 12.6. The number of anilines is 1. The molecule has 7 heteroatoms. The van der Waals surface area contributed by atoms with Crippen LogP contribution in [0.1, 0.15) is 17.3 Å². The lowest BCUT2D eigenvalue weighted by Gasteiger charge is -2.11. The number of hydrogen-bond acceptors (Lipinski definition) is 3. The van der Waals surface area contributed by atoms with Crippen molar-refractivity contribution in [3.05, 3.63) is 76.3 Å². The standard InChI is InChI=1S/C22H17Cl2N3O2/c1-2-29-20-16(23)11-14(12-17(20)24)22(28)25-15-9-7-13(8-10-15)21-26-18-5-3-4-6-19(18)27-21/h3-12H,2H2,1H3,(H,25,28)(H,26,27). The van der Waals surface area contributed by atoms with E-state index in [1.165, 1.54) is 12.1 Å². The van der Waals surface area contributed by atoms with Crippen LogP contribution >= 0.6 is 23.2 Å². The van der Waals surface area contributed by atoms with Crippen LogP contribution in [0.5, 0.6) is 5.75 Å². The fourth-order valence-electron chi connectivity index (χ4n) is 2.98. The number of amides is 1. The van der Waals surface area contributed by atoms with Crippen molar-refractivity contribution in [3.63, 3.8) is 0 Å². The summed E-state index contributed by atoms with van der Waals surface area (Å²) in [5, 5.41) is 3.43. The van der Waals surface area contributed by atoms with Gasteiger partial charge in [-0.15, -0.1) is 0 Å². The molecule has 0 unspecified atom stereocenters. The van der Waals surface area contributed by atoms with Gasteiger partial charge in [-0.3, -0.25) is 4.79 Å². The third kappa shape index (κ3) is 4.06. The van der Waals surface area contributed by atoms with Crippen LogP contribution in [0.15, 0.2) is 60.7 Å². The fraction of sp³-hybridized carbons (Fsp3) is 0.0909. The number of carbonyl (C=O) groups excluding carboxylic acids is 1. The Kier molecular flexibility index (Phi) is 5.43. The van der Waals surface area contributed by atoms with Crippen LogP contribution in [0.25, 0.3) is 22.4 Å². The van der Waals surface area contributed by atoms with Gasteiger partial charge in [-0.2, -0.15) is 0 Å². The molecule has 0 atom stereocenters. The highest BCUT2D eigenvalue weighted by molar-refractivity contribution is 6.37. The number of hydrogen-bond donors (Lipinski definition) is 2. The Bertz CT molecular complexity index is 1130. The van der Waals surface area contributed by atoms with Crippen molar-refractivity contribution in [1.29, 1.82) is 0 Å². The summed E-state index contributed by atoms with van der Waals surface area (Å²) in [5.74, 6) is 0.838. The van der Waals surface area contributed by atoms with Gasteiger partial charge in [-0.1, -0.05) is 35.3 Å². The summed E-state index contributed by atoms with van der Waals surface area (Å²) in [6, 6.07) is 18.3. The van der Waals surface area contributed by atoms with Gasteiger partial charge in [0.25, 0.3) is 5.91 Å². The Morgan fingerprint density at radius 2 is 1.76 bits per heavy atom. The topological polar surface area (TPSA) is 67.0 Å². The molecule has 0 saturated heterocycles. The summed E-state index contributed by atoms with van der Waals surface area (Å²) >= 11 is 12.4. The van der Waals surface area contributed by atoms with E-state index in [1.54, 1.807) is 0 Å². The van der Waals surface area contributed by atoms with Crippen LogP contribution in [0.4, 0.5) is 5.69 Å². The Morgan fingerprint density at radius 1 is 1.07 bits per heavy atom. The van der Waals surface area contributed by atoms with E-state index in [1.807, 2.05) is 55.5 Å². The third-order valence-corrected chi connectivity index (χ3v) is 4.92. The fourth-order valence-corrected chi connectivity index (χ4v) is 3.57. The van der Waals surface area contributed by atoms with Crippen LogP contribution in [-0.2, 0) is 0 Å². The Hall–Kier alpha value is -3.02. The lowest BCUT2D eigenvalue weighted by Crippen LogP contribution is -2.12. The molecule has 4 aromatic rings. The quantitative estimate of drug-likeness (QED) is 0.400. The molecule has 1 aromatic heterocycles. The molecule has 3 aromatic carbocycles. The Balaban J connectivity index is 1.52. The summed E-state index contributed by atoms with van der Waals surface area (Å²) in [5.41, 5.74) is 3.81. The van der Waals surface area contributed by atoms with Gasteiger partial charge < -0.3 is 15.0 Å². The van der Waals surface area contributed by atoms with E-state index < -0.39 is 0 Å². The van der Waals surface area contributed by atoms with Gasteiger partial charge in [0.05, 0.1) is 27.7 Å². The number of carbonyl (C=O) groups is 1. The normalized spacial score (nSPS) is 10.9. The number of ether oxygens (including phenoxy) is 1. The molecule has 0 spiro atoms. The highest BCUT2D eigenvalue weighted by Gasteiger charge is 2.14. The molecule has 0 saturated carbocycles. The Morgan fingerprint density at radius 3 is 2.41 bits per heavy atom. The molecule has 0 bridgehead atoms. The molecule has 0 aliphatic rings. The van der Waals surface area contributed by atoms with Crippen LogP contribution in [0.3, 0.4) is 0 Å². The molecule has 0 aliphatic carbocycles. The highest BCUT2D eigenvalue weighted by Crippen LogP contribution is 2.34. The number of aromatic nitrogens is 2. The van der Waals surface area contributed by atoms with E-state index in [2.05, 4.69) is 15.3 Å². The number of benzene rings is 3. The summed E-state index contributed by atoms with van der Waals surface area (Å²) in [4.78, 5) is 20.4. The van der Waals surface area contributed by atoms with Gasteiger partial charge in [0.2, 0.25) is 0 Å². The molecular weight excluding hydrogens is 409 g/mol.